The van der Waals surface area contributed by atoms with E-state index in [1.807, 2.05) is 28.8 Å². The van der Waals surface area contributed by atoms with Gasteiger partial charge in [-0.1, -0.05) is 26.0 Å². The first-order valence-corrected chi connectivity index (χ1v) is 10.1. The number of nitrogens with zero attached hydrogens (tertiary/aromatic N) is 5. The molecule has 1 aromatic carbocycles. The van der Waals surface area contributed by atoms with Gasteiger partial charge in [-0.3, -0.25) is 0 Å². The summed E-state index contributed by atoms with van der Waals surface area (Å²) in [5, 5.41) is 22.2. The quantitative estimate of drug-likeness (QED) is 0.437. The largest absolute Gasteiger partial charge is 0.497 e. The van der Waals surface area contributed by atoms with E-state index in [1.165, 1.54) is 0 Å². The van der Waals surface area contributed by atoms with E-state index in [0.717, 1.165) is 23.5 Å². The second kappa shape index (κ2) is 10.2. The van der Waals surface area contributed by atoms with Gasteiger partial charge < -0.3 is 29.7 Å². The van der Waals surface area contributed by atoms with Crippen molar-refractivity contribution in [3.05, 3.63) is 36.2 Å². The van der Waals surface area contributed by atoms with Crippen molar-refractivity contribution in [2.24, 2.45) is 5.92 Å². The lowest BCUT2D eigenvalue weighted by molar-refractivity contribution is 0.280. The average molecular weight is 415 g/mol. The van der Waals surface area contributed by atoms with E-state index in [2.05, 4.69) is 29.1 Å². The van der Waals surface area contributed by atoms with Crippen LogP contribution in [0.2, 0.25) is 0 Å². The van der Waals surface area contributed by atoms with Gasteiger partial charge in [0.05, 0.1) is 26.7 Å². The fourth-order valence-electron chi connectivity index (χ4n) is 3.21. The van der Waals surface area contributed by atoms with Gasteiger partial charge in [0.1, 0.15) is 5.75 Å². The van der Waals surface area contributed by atoms with Gasteiger partial charge in [0, 0.05) is 26.2 Å². The lowest BCUT2D eigenvalue weighted by atomic mass is 10.2. The molecule has 30 heavy (non-hydrogen) atoms. The Labute approximate surface area is 176 Å². The Bertz CT molecular complexity index is 936. The number of aliphatic hydroxyl groups excluding tert-OH is 2. The zero-order chi connectivity index (χ0) is 21.5. The summed E-state index contributed by atoms with van der Waals surface area (Å²) in [6, 6.07) is 7.82. The van der Waals surface area contributed by atoms with Crippen molar-refractivity contribution < 1.29 is 14.9 Å². The van der Waals surface area contributed by atoms with Crippen LogP contribution in [0.5, 0.6) is 5.75 Å². The summed E-state index contributed by atoms with van der Waals surface area (Å²) < 4.78 is 7.23. The Kier molecular flexibility index (Phi) is 7.42. The van der Waals surface area contributed by atoms with Crippen molar-refractivity contribution in [2.45, 2.75) is 26.9 Å². The highest BCUT2D eigenvalue weighted by molar-refractivity contribution is 5.84. The van der Waals surface area contributed by atoms with Crippen LogP contribution in [0.4, 0.5) is 11.8 Å². The molecule has 9 heteroatoms. The molecule has 0 unspecified atom stereocenters. The number of rotatable bonds is 11. The third kappa shape index (κ3) is 5.17. The maximum atomic E-state index is 9.41. The molecule has 2 aromatic heterocycles. The van der Waals surface area contributed by atoms with Crippen molar-refractivity contribution in [1.82, 2.24) is 19.5 Å². The van der Waals surface area contributed by atoms with Crippen LogP contribution in [0.25, 0.3) is 11.2 Å². The summed E-state index contributed by atoms with van der Waals surface area (Å²) in [6.07, 6.45) is 1.78. The van der Waals surface area contributed by atoms with Crippen molar-refractivity contribution in [2.75, 3.05) is 43.6 Å². The molecule has 3 rings (SSSR count). The van der Waals surface area contributed by atoms with Gasteiger partial charge in [0.2, 0.25) is 5.95 Å². The number of imidazole rings is 1. The van der Waals surface area contributed by atoms with E-state index in [9.17, 15) is 10.2 Å². The Balaban J connectivity index is 1.96. The van der Waals surface area contributed by atoms with Crippen LogP contribution >= 0.6 is 0 Å². The summed E-state index contributed by atoms with van der Waals surface area (Å²) >= 11 is 0. The molecule has 0 aliphatic heterocycles. The number of hydrogen-bond acceptors (Lipinski definition) is 8. The molecule has 0 saturated heterocycles. The van der Waals surface area contributed by atoms with E-state index >= 15 is 0 Å². The zero-order valence-corrected chi connectivity index (χ0v) is 17.7. The molecule has 0 aliphatic carbocycles. The molecule has 0 aliphatic rings. The summed E-state index contributed by atoms with van der Waals surface area (Å²) in [5.41, 5.74) is 2.50. The smallest absolute Gasteiger partial charge is 0.229 e. The van der Waals surface area contributed by atoms with Crippen molar-refractivity contribution in [3.8, 4) is 5.75 Å². The first-order valence-electron chi connectivity index (χ1n) is 10.1. The molecule has 0 radical (unpaired) electrons. The van der Waals surface area contributed by atoms with Gasteiger partial charge in [-0.2, -0.15) is 9.97 Å². The number of ether oxygens (including phenoxy) is 1. The molecule has 9 nitrogen and oxygen atoms in total. The number of anilines is 2. The van der Waals surface area contributed by atoms with E-state index in [-0.39, 0.29) is 13.2 Å². The molecule has 2 heterocycles. The zero-order valence-electron chi connectivity index (χ0n) is 17.7. The lowest BCUT2D eigenvalue weighted by Gasteiger charge is -2.21. The second-order valence-electron chi connectivity index (χ2n) is 7.47. The fourth-order valence-corrected chi connectivity index (χ4v) is 3.21. The molecular weight excluding hydrogens is 384 g/mol. The summed E-state index contributed by atoms with van der Waals surface area (Å²) in [7, 11) is 1.64. The topological polar surface area (TPSA) is 109 Å². The monoisotopic (exact) mass is 414 g/mol. The van der Waals surface area contributed by atoms with Crippen LogP contribution in [-0.4, -0.2) is 63.1 Å². The molecule has 3 aromatic rings. The minimum atomic E-state index is -0.0543. The van der Waals surface area contributed by atoms with Crippen LogP contribution in [-0.2, 0) is 13.1 Å². The van der Waals surface area contributed by atoms with Gasteiger partial charge in [0.25, 0.3) is 0 Å². The summed E-state index contributed by atoms with van der Waals surface area (Å²) in [6.45, 7) is 6.19. The Hall–Kier alpha value is -2.91. The van der Waals surface area contributed by atoms with Crippen molar-refractivity contribution in [1.29, 1.82) is 0 Å². The van der Waals surface area contributed by atoms with E-state index in [1.54, 1.807) is 18.3 Å². The highest BCUT2D eigenvalue weighted by Crippen LogP contribution is 2.24. The maximum absolute atomic E-state index is 9.41. The number of hydrogen-bond donors (Lipinski definition) is 3. The molecule has 0 fully saturated rings. The van der Waals surface area contributed by atoms with Crippen molar-refractivity contribution >= 4 is 22.9 Å². The van der Waals surface area contributed by atoms with E-state index in [4.69, 9.17) is 9.72 Å². The fraction of sp³-hybridized carbons (Fsp3) is 0.476. The molecule has 162 valence electrons. The highest BCUT2D eigenvalue weighted by atomic mass is 16.5. The molecule has 0 saturated carbocycles. The van der Waals surface area contributed by atoms with E-state index < -0.39 is 0 Å². The van der Waals surface area contributed by atoms with Crippen LogP contribution in [0.3, 0.4) is 0 Å². The predicted molar refractivity (Wildman–Crippen MR) is 117 cm³/mol. The van der Waals surface area contributed by atoms with Crippen LogP contribution in [0, 0.1) is 5.92 Å². The molecule has 0 amide bonds. The molecule has 0 spiro atoms. The average Bonchev–Trinajstić information content (AvgIpc) is 3.14. The summed E-state index contributed by atoms with van der Waals surface area (Å²) in [5.74, 6) is 2.31. The minimum Gasteiger partial charge on any atom is -0.497 e. The highest BCUT2D eigenvalue weighted by Gasteiger charge is 2.17. The van der Waals surface area contributed by atoms with E-state index in [0.29, 0.717) is 42.8 Å². The molecule has 0 bridgehead atoms. The molecule has 3 N–H and O–H groups in total. The molecule has 0 atom stereocenters. The standard InChI is InChI=1S/C21H30N6O3/c1-15(2)13-27-14-23-18-19(22-12-16-4-6-17(30-3)7-5-16)24-21(25-20(18)27)26(8-10-28)9-11-29/h4-7,14-15,28-29H,8-13H2,1-3H3,(H,22,24,25). The Morgan fingerprint density at radius 1 is 1.10 bits per heavy atom. The number of fused-ring (bicyclic) bond motifs is 1. The minimum absolute atomic E-state index is 0.0543. The number of nitrogens with one attached hydrogen (secondary N) is 1. The van der Waals surface area contributed by atoms with Crippen LogP contribution in [0.1, 0.15) is 19.4 Å². The SMILES string of the molecule is COc1ccc(CNc2nc(N(CCO)CCO)nc3c2ncn3CC(C)C)cc1. The van der Waals surface area contributed by atoms with Gasteiger partial charge in [-0.05, 0) is 23.6 Å². The van der Waals surface area contributed by atoms with Crippen LogP contribution < -0.4 is 15.0 Å². The molecular formula is C21H30N6O3. The third-order valence-corrected chi connectivity index (χ3v) is 4.66. The van der Waals surface area contributed by atoms with Crippen LogP contribution in [0.15, 0.2) is 30.6 Å². The number of aliphatic hydroxyl groups is 2. The Morgan fingerprint density at radius 2 is 1.80 bits per heavy atom. The number of aromatic nitrogens is 4. The third-order valence-electron chi connectivity index (χ3n) is 4.66. The first-order chi connectivity index (χ1) is 14.5. The summed E-state index contributed by atoms with van der Waals surface area (Å²) in [4.78, 5) is 15.7. The number of methoxy groups -OCH3 is 1. The first kappa shape index (κ1) is 21.8. The second-order valence-corrected chi connectivity index (χ2v) is 7.47. The van der Waals surface area contributed by atoms with Gasteiger partial charge in [-0.25, -0.2) is 4.98 Å². The lowest BCUT2D eigenvalue weighted by Crippen LogP contribution is -2.31. The normalized spacial score (nSPS) is 11.3. The maximum Gasteiger partial charge on any atom is 0.229 e. The number of benzene rings is 1. The van der Waals surface area contributed by atoms with Gasteiger partial charge in [0.15, 0.2) is 17.0 Å². The Morgan fingerprint density at radius 3 is 2.40 bits per heavy atom. The van der Waals surface area contributed by atoms with Crippen molar-refractivity contribution in [3.63, 3.8) is 0 Å². The van der Waals surface area contributed by atoms with Gasteiger partial charge in [-0.15, -0.1) is 0 Å². The predicted octanol–water partition coefficient (Wildman–Crippen LogP) is 1.89. The van der Waals surface area contributed by atoms with Gasteiger partial charge >= 0.3 is 0 Å².